The van der Waals surface area contributed by atoms with Gasteiger partial charge in [-0.2, -0.15) is 0 Å². The van der Waals surface area contributed by atoms with Crippen molar-refractivity contribution in [1.29, 1.82) is 0 Å². The highest BCUT2D eigenvalue weighted by molar-refractivity contribution is 6.10. The lowest BCUT2D eigenvalue weighted by atomic mass is 10.1. The Kier molecular flexibility index (Phi) is 2.61. The molecule has 3 heteroatoms. The summed E-state index contributed by atoms with van der Waals surface area (Å²) in [5.74, 6) is 0. The van der Waals surface area contributed by atoms with Gasteiger partial charge in [0.2, 0.25) is 0 Å². The minimum Gasteiger partial charge on any atom is -0.456 e. The fourth-order valence-electron chi connectivity index (χ4n) is 3.95. The average Bonchev–Trinajstić information content (AvgIpc) is 3.23. The van der Waals surface area contributed by atoms with Crippen LogP contribution in [0.2, 0.25) is 0 Å². The number of nitrogens with zero attached hydrogens (tertiary/aromatic N) is 2. The van der Waals surface area contributed by atoms with Crippen LogP contribution in [0.5, 0.6) is 0 Å². The first-order valence-electron chi connectivity index (χ1n) is 8.65. The minimum atomic E-state index is 0.870. The summed E-state index contributed by atoms with van der Waals surface area (Å²) in [5.41, 5.74) is 5.30. The lowest BCUT2D eigenvalue weighted by molar-refractivity contribution is 0.668. The Bertz CT molecular complexity index is 1390. The molecule has 0 unspecified atom stereocenters. The summed E-state index contributed by atoms with van der Waals surface area (Å²) < 4.78 is 8.27. The van der Waals surface area contributed by atoms with Crippen molar-refractivity contribution >= 4 is 43.7 Å². The van der Waals surface area contributed by atoms with E-state index in [0.29, 0.717) is 0 Å². The molecule has 3 nitrogen and oxygen atoms in total. The molecule has 0 fully saturated rings. The van der Waals surface area contributed by atoms with Crippen LogP contribution in [0.3, 0.4) is 0 Å². The number of fused-ring (bicyclic) bond motifs is 6. The van der Waals surface area contributed by atoms with Crippen molar-refractivity contribution < 1.29 is 4.42 Å². The maximum atomic E-state index is 5.95. The number of hydrogen-bond donors (Lipinski definition) is 0. The topological polar surface area (TPSA) is 31.0 Å². The molecule has 0 saturated heterocycles. The fraction of sp³-hybridized carbons (Fsp3) is 0. The molecular formula is C23H14N2O. The van der Waals surface area contributed by atoms with Gasteiger partial charge in [0, 0.05) is 39.6 Å². The van der Waals surface area contributed by atoms with Crippen molar-refractivity contribution in [1.82, 2.24) is 9.55 Å². The molecule has 26 heavy (non-hydrogen) atoms. The third-order valence-electron chi connectivity index (χ3n) is 5.09. The Morgan fingerprint density at radius 1 is 0.654 bits per heavy atom. The van der Waals surface area contributed by atoms with Crippen molar-refractivity contribution in [3.8, 4) is 5.69 Å². The Hall–Kier alpha value is -3.59. The summed E-state index contributed by atoms with van der Waals surface area (Å²) in [6.07, 6.45) is 3.63. The second kappa shape index (κ2) is 4.96. The van der Waals surface area contributed by atoms with Crippen LogP contribution in [-0.2, 0) is 0 Å². The van der Waals surface area contributed by atoms with Crippen LogP contribution in [0.15, 0.2) is 89.6 Å². The van der Waals surface area contributed by atoms with Gasteiger partial charge in [-0.15, -0.1) is 0 Å². The summed E-state index contributed by atoms with van der Waals surface area (Å²) in [6, 6.07) is 25.4. The van der Waals surface area contributed by atoms with Gasteiger partial charge in [-0.25, -0.2) is 0 Å². The molecule has 3 heterocycles. The average molecular weight is 334 g/mol. The quantitative estimate of drug-likeness (QED) is 0.365. The van der Waals surface area contributed by atoms with Crippen LogP contribution < -0.4 is 0 Å². The number of hydrogen-bond acceptors (Lipinski definition) is 2. The minimum absolute atomic E-state index is 0.870. The SMILES string of the molecule is c1ccc2c(c1)c1ccccc1n2-c1ccc2oc3ccncc3c2c1. The van der Waals surface area contributed by atoms with E-state index in [1.165, 1.54) is 21.8 Å². The molecule has 3 aromatic heterocycles. The third-order valence-corrected chi connectivity index (χ3v) is 5.09. The normalized spacial score (nSPS) is 11.8. The van der Waals surface area contributed by atoms with Crippen LogP contribution in [-0.4, -0.2) is 9.55 Å². The predicted octanol–water partition coefficient (Wildman–Crippen LogP) is 6.08. The summed E-state index contributed by atoms with van der Waals surface area (Å²) in [6.45, 7) is 0. The van der Waals surface area contributed by atoms with Gasteiger partial charge in [-0.1, -0.05) is 36.4 Å². The molecule has 0 N–H and O–H groups in total. The second-order valence-corrected chi connectivity index (χ2v) is 6.52. The first kappa shape index (κ1) is 13.7. The number of para-hydroxylation sites is 2. The molecule has 122 valence electrons. The molecule has 0 radical (unpaired) electrons. The molecule has 0 aliphatic carbocycles. The van der Waals surface area contributed by atoms with E-state index in [1.54, 1.807) is 6.20 Å². The first-order chi connectivity index (χ1) is 12.9. The van der Waals surface area contributed by atoms with E-state index in [0.717, 1.165) is 27.6 Å². The molecule has 3 aromatic carbocycles. The van der Waals surface area contributed by atoms with E-state index in [2.05, 4.69) is 70.2 Å². The third kappa shape index (κ3) is 1.74. The molecule has 6 aromatic rings. The number of pyridine rings is 1. The molecule has 0 aliphatic rings. The van der Waals surface area contributed by atoms with Gasteiger partial charge in [-0.3, -0.25) is 4.98 Å². The molecule has 0 aliphatic heterocycles. The molecule has 0 bridgehead atoms. The highest BCUT2D eigenvalue weighted by Gasteiger charge is 2.13. The maximum Gasteiger partial charge on any atom is 0.138 e. The largest absolute Gasteiger partial charge is 0.456 e. The number of benzene rings is 3. The van der Waals surface area contributed by atoms with Crippen LogP contribution >= 0.6 is 0 Å². The molecule has 0 amide bonds. The zero-order valence-electron chi connectivity index (χ0n) is 13.9. The van der Waals surface area contributed by atoms with Gasteiger partial charge < -0.3 is 8.98 Å². The van der Waals surface area contributed by atoms with E-state index in [1.807, 2.05) is 18.3 Å². The van der Waals surface area contributed by atoms with Gasteiger partial charge >= 0.3 is 0 Å². The van der Waals surface area contributed by atoms with Gasteiger partial charge in [-0.05, 0) is 36.4 Å². The van der Waals surface area contributed by atoms with E-state index in [4.69, 9.17) is 4.42 Å². The van der Waals surface area contributed by atoms with E-state index >= 15 is 0 Å². The summed E-state index contributed by atoms with van der Waals surface area (Å²) in [5, 5.41) is 4.67. The molecule has 6 rings (SSSR count). The van der Waals surface area contributed by atoms with Crippen LogP contribution in [0.1, 0.15) is 0 Å². The summed E-state index contributed by atoms with van der Waals surface area (Å²) in [7, 11) is 0. The van der Waals surface area contributed by atoms with Crippen LogP contribution in [0, 0.1) is 0 Å². The second-order valence-electron chi connectivity index (χ2n) is 6.52. The van der Waals surface area contributed by atoms with Crippen molar-refractivity contribution in [2.24, 2.45) is 0 Å². The zero-order chi connectivity index (χ0) is 17.1. The monoisotopic (exact) mass is 334 g/mol. The van der Waals surface area contributed by atoms with Crippen LogP contribution in [0.4, 0.5) is 0 Å². The Balaban J connectivity index is 1.76. The van der Waals surface area contributed by atoms with E-state index < -0.39 is 0 Å². The van der Waals surface area contributed by atoms with Crippen molar-refractivity contribution in [2.45, 2.75) is 0 Å². The Morgan fingerprint density at radius 3 is 2.12 bits per heavy atom. The van der Waals surface area contributed by atoms with E-state index in [9.17, 15) is 0 Å². The van der Waals surface area contributed by atoms with Crippen molar-refractivity contribution in [2.75, 3.05) is 0 Å². The van der Waals surface area contributed by atoms with Crippen LogP contribution in [0.25, 0.3) is 49.4 Å². The van der Waals surface area contributed by atoms with Gasteiger partial charge in [0.1, 0.15) is 11.2 Å². The zero-order valence-corrected chi connectivity index (χ0v) is 13.9. The fourth-order valence-corrected chi connectivity index (χ4v) is 3.95. The number of furan rings is 1. The first-order valence-corrected chi connectivity index (χ1v) is 8.65. The lowest BCUT2D eigenvalue weighted by Crippen LogP contribution is -1.93. The molecule has 0 spiro atoms. The highest BCUT2D eigenvalue weighted by Crippen LogP contribution is 2.34. The summed E-state index contributed by atoms with van der Waals surface area (Å²) in [4.78, 5) is 4.26. The highest BCUT2D eigenvalue weighted by atomic mass is 16.3. The molecule has 0 saturated carbocycles. The number of rotatable bonds is 1. The predicted molar refractivity (Wildman–Crippen MR) is 106 cm³/mol. The van der Waals surface area contributed by atoms with E-state index in [-0.39, 0.29) is 0 Å². The maximum absolute atomic E-state index is 5.95. The molecule has 0 atom stereocenters. The van der Waals surface area contributed by atoms with Gasteiger partial charge in [0.05, 0.1) is 11.0 Å². The van der Waals surface area contributed by atoms with Crippen molar-refractivity contribution in [3.05, 3.63) is 85.2 Å². The Morgan fingerprint density at radius 2 is 1.35 bits per heavy atom. The van der Waals surface area contributed by atoms with Gasteiger partial charge in [0.25, 0.3) is 0 Å². The van der Waals surface area contributed by atoms with Gasteiger partial charge in [0.15, 0.2) is 0 Å². The number of aromatic nitrogens is 2. The van der Waals surface area contributed by atoms with Crippen molar-refractivity contribution in [3.63, 3.8) is 0 Å². The Labute approximate surface area is 149 Å². The smallest absolute Gasteiger partial charge is 0.138 e. The molecular weight excluding hydrogens is 320 g/mol. The lowest BCUT2D eigenvalue weighted by Gasteiger charge is -2.07. The summed E-state index contributed by atoms with van der Waals surface area (Å²) >= 11 is 0. The standard InChI is InChI=1S/C23H14N2O/c1-3-7-20-16(5-1)17-6-2-4-8-21(17)25(20)15-9-10-22-18(13-15)19-14-24-12-11-23(19)26-22/h1-14H.